The zero-order chi connectivity index (χ0) is 14.0. The average Bonchev–Trinajstić information content (AvgIpc) is 2.80. The Morgan fingerprint density at radius 1 is 1.05 bits per heavy atom. The van der Waals surface area contributed by atoms with E-state index in [-0.39, 0.29) is 11.8 Å². The van der Waals surface area contributed by atoms with Crippen molar-refractivity contribution in [3.63, 3.8) is 0 Å². The molecule has 1 saturated heterocycles. The molecule has 0 aromatic carbocycles. The van der Waals surface area contributed by atoms with Crippen LogP contribution in [0.1, 0.15) is 65.2 Å². The largest absolute Gasteiger partial charge is 0.466 e. The van der Waals surface area contributed by atoms with Gasteiger partial charge in [0.25, 0.3) is 0 Å². The summed E-state index contributed by atoms with van der Waals surface area (Å²) >= 11 is 0. The van der Waals surface area contributed by atoms with Crippen LogP contribution in [0.3, 0.4) is 0 Å². The molecule has 0 N–H and O–H groups in total. The number of rotatable bonds is 10. The van der Waals surface area contributed by atoms with Crippen LogP contribution in [0, 0.1) is 0 Å². The number of unbranched alkanes of at least 4 members (excludes halogenated alkanes) is 5. The van der Waals surface area contributed by atoms with Crippen molar-refractivity contribution in [2.45, 2.75) is 71.0 Å². The minimum absolute atomic E-state index is 0.0639. The quantitative estimate of drug-likeness (QED) is 0.451. The number of ether oxygens (including phenoxy) is 3. The Kier molecular flexibility index (Phi) is 8.07. The lowest BCUT2D eigenvalue weighted by atomic mass is 10.1. The summed E-state index contributed by atoms with van der Waals surface area (Å²) in [6, 6.07) is 0. The van der Waals surface area contributed by atoms with Crippen molar-refractivity contribution in [1.82, 2.24) is 0 Å². The number of esters is 1. The molecule has 1 aliphatic rings. The van der Waals surface area contributed by atoms with Gasteiger partial charge in [-0.2, -0.15) is 0 Å². The van der Waals surface area contributed by atoms with Crippen LogP contribution >= 0.6 is 0 Å². The summed E-state index contributed by atoms with van der Waals surface area (Å²) in [4.78, 5) is 11.1. The maximum absolute atomic E-state index is 11.1. The van der Waals surface area contributed by atoms with E-state index in [1.54, 1.807) is 0 Å². The molecule has 0 aromatic heterocycles. The monoisotopic (exact) mass is 272 g/mol. The topological polar surface area (TPSA) is 44.8 Å². The van der Waals surface area contributed by atoms with E-state index >= 15 is 0 Å². The maximum Gasteiger partial charge on any atom is 0.305 e. The molecule has 0 atom stereocenters. The van der Waals surface area contributed by atoms with Crippen LogP contribution in [0.5, 0.6) is 0 Å². The molecule has 1 aliphatic heterocycles. The summed E-state index contributed by atoms with van der Waals surface area (Å²) in [6.45, 7) is 5.81. The third-order valence-corrected chi connectivity index (χ3v) is 3.47. The van der Waals surface area contributed by atoms with E-state index in [4.69, 9.17) is 14.2 Å². The maximum atomic E-state index is 11.1. The molecule has 0 unspecified atom stereocenters. The molecule has 0 bridgehead atoms. The molecule has 1 heterocycles. The van der Waals surface area contributed by atoms with Crippen molar-refractivity contribution < 1.29 is 19.0 Å². The van der Waals surface area contributed by atoms with E-state index in [2.05, 4.69) is 0 Å². The lowest BCUT2D eigenvalue weighted by molar-refractivity contribution is -0.147. The highest BCUT2D eigenvalue weighted by molar-refractivity contribution is 5.69. The first-order valence-corrected chi connectivity index (χ1v) is 7.60. The van der Waals surface area contributed by atoms with Crippen molar-refractivity contribution in [2.75, 3.05) is 19.8 Å². The van der Waals surface area contributed by atoms with Crippen molar-refractivity contribution in [3.05, 3.63) is 0 Å². The molecule has 0 aromatic rings. The molecule has 0 saturated carbocycles. The first-order valence-electron chi connectivity index (χ1n) is 7.60. The normalized spacial score (nSPS) is 17.6. The molecule has 0 amide bonds. The molecule has 112 valence electrons. The second-order valence-corrected chi connectivity index (χ2v) is 5.26. The van der Waals surface area contributed by atoms with Crippen LogP contribution in [0.2, 0.25) is 0 Å². The molecule has 4 heteroatoms. The predicted octanol–water partition coefficient (Wildman–Crippen LogP) is 3.43. The van der Waals surface area contributed by atoms with E-state index in [9.17, 15) is 4.79 Å². The van der Waals surface area contributed by atoms with E-state index in [0.29, 0.717) is 13.0 Å². The van der Waals surface area contributed by atoms with Crippen molar-refractivity contribution >= 4 is 5.97 Å². The Morgan fingerprint density at radius 3 is 2.26 bits per heavy atom. The van der Waals surface area contributed by atoms with Crippen molar-refractivity contribution in [1.29, 1.82) is 0 Å². The first-order chi connectivity index (χ1) is 9.16. The van der Waals surface area contributed by atoms with Gasteiger partial charge >= 0.3 is 5.97 Å². The highest BCUT2D eigenvalue weighted by Gasteiger charge is 2.29. The van der Waals surface area contributed by atoms with Gasteiger partial charge in [0, 0.05) is 12.8 Å². The summed E-state index contributed by atoms with van der Waals surface area (Å²) < 4.78 is 16.0. The van der Waals surface area contributed by atoms with Gasteiger partial charge in [-0.15, -0.1) is 0 Å². The van der Waals surface area contributed by atoms with Crippen molar-refractivity contribution in [2.24, 2.45) is 0 Å². The van der Waals surface area contributed by atoms with Gasteiger partial charge in [-0.1, -0.05) is 25.7 Å². The molecule has 0 aliphatic carbocycles. The SMILES string of the molecule is CCOC(=O)CCCCCCCCC1(C)OCCO1. The van der Waals surface area contributed by atoms with Gasteiger partial charge in [0.2, 0.25) is 0 Å². The molecular weight excluding hydrogens is 244 g/mol. The molecule has 1 rings (SSSR count). The fourth-order valence-corrected chi connectivity index (χ4v) is 2.36. The third kappa shape index (κ3) is 7.53. The van der Waals surface area contributed by atoms with Crippen molar-refractivity contribution in [3.8, 4) is 0 Å². The average molecular weight is 272 g/mol. The fourth-order valence-electron chi connectivity index (χ4n) is 2.36. The molecule has 0 radical (unpaired) electrons. The van der Waals surface area contributed by atoms with Crippen LogP contribution in [-0.2, 0) is 19.0 Å². The number of carbonyl (C=O) groups excluding carboxylic acids is 1. The Bertz CT molecular complexity index is 247. The van der Waals surface area contributed by atoms with Crippen LogP contribution in [0.25, 0.3) is 0 Å². The van der Waals surface area contributed by atoms with E-state index in [1.165, 1.54) is 19.3 Å². The second kappa shape index (κ2) is 9.32. The highest BCUT2D eigenvalue weighted by atomic mass is 16.7. The number of carbonyl (C=O) groups is 1. The van der Waals surface area contributed by atoms with Crippen LogP contribution < -0.4 is 0 Å². The van der Waals surface area contributed by atoms with Gasteiger partial charge in [0.15, 0.2) is 5.79 Å². The zero-order valence-electron chi connectivity index (χ0n) is 12.4. The van der Waals surface area contributed by atoms with Crippen LogP contribution in [0.15, 0.2) is 0 Å². The summed E-state index contributed by atoms with van der Waals surface area (Å²) in [6.07, 6.45) is 8.38. The summed E-state index contributed by atoms with van der Waals surface area (Å²) in [5.41, 5.74) is 0. The number of hydrogen-bond acceptors (Lipinski definition) is 4. The predicted molar refractivity (Wildman–Crippen MR) is 73.9 cm³/mol. The van der Waals surface area contributed by atoms with Gasteiger partial charge in [-0.3, -0.25) is 4.79 Å². The van der Waals surface area contributed by atoms with Gasteiger partial charge < -0.3 is 14.2 Å². The third-order valence-electron chi connectivity index (χ3n) is 3.47. The lowest BCUT2D eigenvalue weighted by Crippen LogP contribution is -2.24. The van der Waals surface area contributed by atoms with Gasteiger partial charge in [-0.25, -0.2) is 0 Å². The summed E-state index contributed by atoms with van der Waals surface area (Å²) in [7, 11) is 0. The summed E-state index contributed by atoms with van der Waals surface area (Å²) in [5, 5.41) is 0. The highest BCUT2D eigenvalue weighted by Crippen LogP contribution is 2.25. The minimum Gasteiger partial charge on any atom is -0.466 e. The first kappa shape index (κ1) is 16.4. The molecule has 4 nitrogen and oxygen atoms in total. The van der Waals surface area contributed by atoms with Gasteiger partial charge in [0.1, 0.15) is 0 Å². The zero-order valence-corrected chi connectivity index (χ0v) is 12.4. The molecular formula is C15H28O4. The lowest BCUT2D eigenvalue weighted by Gasteiger charge is -2.21. The standard InChI is InChI=1S/C15H28O4/c1-3-17-14(16)10-8-6-4-5-7-9-11-15(2)18-12-13-19-15/h3-13H2,1-2H3. The van der Waals surface area contributed by atoms with Crippen LogP contribution in [-0.4, -0.2) is 31.6 Å². The number of hydrogen-bond donors (Lipinski definition) is 0. The van der Waals surface area contributed by atoms with E-state index in [1.807, 2.05) is 13.8 Å². The summed E-state index contributed by atoms with van der Waals surface area (Å²) in [5.74, 6) is -0.393. The van der Waals surface area contributed by atoms with Crippen LogP contribution in [0.4, 0.5) is 0 Å². The van der Waals surface area contributed by atoms with Gasteiger partial charge in [0.05, 0.1) is 19.8 Å². The Hall–Kier alpha value is -0.610. The minimum atomic E-state index is -0.329. The molecule has 1 fully saturated rings. The van der Waals surface area contributed by atoms with Gasteiger partial charge in [-0.05, 0) is 26.7 Å². The fraction of sp³-hybridized carbons (Fsp3) is 0.933. The second-order valence-electron chi connectivity index (χ2n) is 5.26. The Labute approximate surface area is 116 Å². The molecule has 19 heavy (non-hydrogen) atoms. The smallest absolute Gasteiger partial charge is 0.305 e. The molecule has 0 spiro atoms. The van der Waals surface area contributed by atoms with E-state index in [0.717, 1.165) is 38.9 Å². The van der Waals surface area contributed by atoms with E-state index < -0.39 is 0 Å². The Morgan fingerprint density at radius 2 is 1.63 bits per heavy atom. The Balaban J connectivity index is 1.85.